The lowest BCUT2D eigenvalue weighted by atomic mass is 10.1. The molecular formula is C20H19F2N3O2. The van der Waals surface area contributed by atoms with Crippen molar-refractivity contribution in [2.45, 2.75) is 32.1 Å². The molecule has 1 fully saturated rings. The van der Waals surface area contributed by atoms with Crippen LogP contribution in [0.25, 0.3) is 0 Å². The lowest BCUT2D eigenvalue weighted by Crippen LogP contribution is -2.11. The number of rotatable bonds is 7. The number of alkyl halides is 2. The molecule has 5 nitrogen and oxygen atoms in total. The van der Waals surface area contributed by atoms with E-state index in [1.54, 1.807) is 19.2 Å². The third kappa shape index (κ3) is 3.67. The zero-order valence-corrected chi connectivity index (χ0v) is 14.8. The maximum absolute atomic E-state index is 13.2. The van der Waals surface area contributed by atoms with Crippen molar-refractivity contribution in [3.63, 3.8) is 0 Å². The number of nitrogens with zero attached hydrogens (tertiary/aromatic N) is 2. The van der Waals surface area contributed by atoms with Crippen molar-refractivity contribution in [3.05, 3.63) is 41.7 Å². The van der Waals surface area contributed by atoms with Crippen molar-refractivity contribution >= 4 is 28.6 Å². The van der Waals surface area contributed by atoms with Crippen molar-refractivity contribution in [3.8, 4) is 5.75 Å². The van der Waals surface area contributed by atoms with Gasteiger partial charge in [0.25, 0.3) is 6.43 Å². The molecule has 0 saturated heterocycles. The minimum atomic E-state index is -2.63. The van der Waals surface area contributed by atoms with Gasteiger partial charge >= 0.3 is 0 Å². The number of carbonyl (C=O) groups excluding carboxylic acids is 1. The number of nitrogens with one attached hydrogen (secondary N) is 1. The van der Waals surface area contributed by atoms with E-state index in [9.17, 15) is 13.6 Å². The van der Waals surface area contributed by atoms with Crippen LogP contribution < -0.4 is 10.1 Å². The number of aromatic nitrogens is 1. The number of anilines is 2. The minimum Gasteiger partial charge on any atom is -0.495 e. The molecule has 4 rings (SSSR count). The summed E-state index contributed by atoms with van der Waals surface area (Å²) in [7, 11) is 1.56. The van der Waals surface area contributed by atoms with E-state index in [0.717, 1.165) is 12.8 Å². The highest BCUT2D eigenvalue weighted by Crippen LogP contribution is 2.39. The Balaban J connectivity index is 1.71. The Bertz CT molecular complexity index is 923. The molecule has 0 unspecified atom stereocenters. The number of methoxy groups -OCH3 is 1. The summed E-state index contributed by atoms with van der Waals surface area (Å²) in [5.41, 5.74) is 2.50. The maximum Gasteiger partial charge on any atom is 0.277 e. The number of hydrogen-bond acceptors (Lipinski definition) is 5. The Labute approximate surface area is 155 Å². The number of para-hydroxylation sites is 2. The Morgan fingerprint density at radius 2 is 2.07 bits per heavy atom. The molecule has 2 aliphatic rings. The average Bonchev–Trinajstić information content (AvgIpc) is 3.41. The van der Waals surface area contributed by atoms with Crippen molar-refractivity contribution in [2.24, 2.45) is 10.9 Å². The Kier molecular flexibility index (Phi) is 4.59. The van der Waals surface area contributed by atoms with E-state index in [4.69, 9.17) is 4.74 Å². The number of Topliss-reactive ketones (excluding diaryl/α,β-unsaturated/α-hetero) is 1. The molecule has 1 aromatic carbocycles. The second-order valence-electron chi connectivity index (χ2n) is 6.78. The van der Waals surface area contributed by atoms with Crippen molar-refractivity contribution in [2.75, 3.05) is 12.4 Å². The lowest BCUT2D eigenvalue weighted by Gasteiger charge is -2.14. The molecule has 27 heavy (non-hydrogen) atoms. The molecule has 0 amide bonds. The molecule has 1 saturated carbocycles. The molecule has 0 bridgehead atoms. The molecule has 2 aromatic rings. The SMILES string of the molecule is COc1ccccc1Nc1cc(CC(=O)C2CC2)nc2c1N=C(C(F)F)C2. The number of hydrogen-bond donors (Lipinski definition) is 1. The van der Waals surface area contributed by atoms with Gasteiger partial charge in [0.1, 0.15) is 17.2 Å². The average molecular weight is 371 g/mol. The van der Waals surface area contributed by atoms with E-state index in [1.165, 1.54) is 0 Å². The molecule has 0 spiro atoms. The summed E-state index contributed by atoms with van der Waals surface area (Å²) >= 11 is 0. The highest BCUT2D eigenvalue weighted by atomic mass is 19.3. The quantitative estimate of drug-likeness (QED) is 0.790. The summed E-state index contributed by atoms with van der Waals surface area (Å²) in [5, 5.41) is 3.21. The fourth-order valence-corrected chi connectivity index (χ4v) is 3.18. The summed E-state index contributed by atoms with van der Waals surface area (Å²) in [4.78, 5) is 20.7. The number of carbonyl (C=O) groups is 1. The molecule has 0 atom stereocenters. The summed E-state index contributed by atoms with van der Waals surface area (Å²) in [6.45, 7) is 0. The van der Waals surface area contributed by atoms with Gasteiger partial charge in [0.05, 0.1) is 35.6 Å². The van der Waals surface area contributed by atoms with Crippen LogP contribution in [0.1, 0.15) is 24.2 Å². The first-order valence-corrected chi connectivity index (χ1v) is 8.86. The lowest BCUT2D eigenvalue weighted by molar-refractivity contribution is -0.119. The summed E-state index contributed by atoms with van der Waals surface area (Å²) in [6.07, 6.45) is -0.569. The highest BCUT2D eigenvalue weighted by Gasteiger charge is 2.31. The molecule has 1 N–H and O–H groups in total. The van der Waals surface area contributed by atoms with Gasteiger partial charge in [0, 0.05) is 18.8 Å². The Morgan fingerprint density at radius 3 is 2.78 bits per heavy atom. The summed E-state index contributed by atoms with van der Waals surface area (Å²) < 4.78 is 31.7. The smallest absolute Gasteiger partial charge is 0.277 e. The zero-order chi connectivity index (χ0) is 19.0. The second-order valence-corrected chi connectivity index (χ2v) is 6.78. The van der Waals surface area contributed by atoms with Crippen LogP contribution in [0.4, 0.5) is 25.8 Å². The van der Waals surface area contributed by atoms with E-state index >= 15 is 0 Å². The monoisotopic (exact) mass is 371 g/mol. The van der Waals surface area contributed by atoms with Crippen LogP contribution in [-0.2, 0) is 17.6 Å². The third-order valence-electron chi connectivity index (χ3n) is 4.74. The fourth-order valence-electron chi connectivity index (χ4n) is 3.18. The predicted molar refractivity (Wildman–Crippen MR) is 98.8 cm³/mol. The number of ketones is 1. The van der Waals surface area contributed by atoms with Gasteiger partial charge in [-0.3, -0.25) is 9.78 Å². The maximum atomic E-state index is 13.2. The third-order valence-corrected chi connectivity index (χ3v) is 4.74. The molecule has 0 radical (unpaired) electrons. The standard InChI is InChI=1S/C20H19F2N3O2/c1-27-18-5-3-2-4-13(18)24-14-8-12(9-17(26)11-6-7-11)23-15-10-16(20(21)22)25-19(14)15/h2-5,8,11,20H,6-7,9-10H2,1H3,(H,23,24). The Morgan fingerprint density at radius 1 is 1.30 bits per heavy atom. The summed E-state index contributed by atoms with van der Waals surface area (Å²) in [5.74, 6) is 0.895. The molecule has 1 aliphatic heterocycles. The number of aliphatic imine (C=N–C) groups is 1. The van der Waals surface area contributed by atoms with E-state index in [2.05, 4.69) is 15.3 Å². The van der Waals surface area contributed by atoms with E-state index in [-0.39, 0.29) is 30.3 Å². The van der Waals surface area contributed by atoms with E-state index in [0.29, 0.717) is 34.2 Å². The van der Waals surface area contributed by atoms with Gasteiger partial charge in [0.15, 0.2) is 0 Å². The first-order valence-electron chi connectivity index (χ1n) is 8.86. The number of fused-ring (bicyclic) bond motifs is 1. The molecule has 1 aliphatic carbocycles. The highest BCUT2D eigenvalue weighted by molar-refractivity contribution is 5.99. The molecule has 1 aromatic heterocycles. The number of benzene rings is 1. The van der Waals surface area contributed by atoms with Crippen LogP contribution >= 0.6 is 0 Å². The van der Waals surface area contributed by atoms with Gasteiger partial charge in [-0.05, 0) is 31.0 Å². The molecule has 2 heterocycles. The van der Waals surface area contributed by atoms with Crippen molar-refractivity contribution < 1.29 is 18.3 Å². The van der Waals surface area contributed by atoms with Crippen molar-refractivity contribution in [1.29, 1.82) is 0 Å². The first-order chi connectivity index (χ1) is 13.0. The molecule has 140 valence electrons. The van der Waals surface area contributed by atoms with Gasteiger partial charge in [0.2, 0.25) is 0 Å². The molecular weight excluding hydrogens is 352 g/mol. The first kappa shape index (κ1) is 17.6. The number of pyridine rings is 1. The largest absolute Gasteiger partial charge is 0.495 e. The van der Waals surface area contributed by atoms with Crippen LogP contribution in [0.3, 0.4) is 0 Å². The zero-order valence-electron chi connectivity index (χ0n) is 14.8. The summed E-state index contributed by atoms with van der Waals surface area (Å²) in [6, 6.07) is 9.04. The van der Waals surface area contributed by atoms with Gasteiger partial charge in [-0.15, -0.1) is 0 Å². The van der Waals surface area contributed by atoms with Crippen LogP contribution in [0.2, 0.25) is 0 Å². The minimum absolute atomic E-state index is 0.000929. The van der Waals surface area contributed by atoms with Crippen LogP contribution in [-0.4, -0.2) is 30.0 Å². The van der Waals surface area contributed by atoms with Crippen LogP contribution in [0.5, 0.6) is 5.75 Å². The number of ether oxygens (including phenoxy) is 1. The van der Waals surface area contributed by atoms with Gasteiger partial charge in [-0.1, -0.05) is 12.1 Å². The van der Waals surface area contributed by atoms with Gasteiger partial charge in [-0.2, -0.15) is 0 Å². The topological polar surface area (TPSA) is 63.6 Å². The number of halogens is 2. The fraction of sp³-hybridized carbons (Fsp3) is 0.350. The van der Waals surface area contributed by atoms with Crippen LogP contribution in [0, 0.1) is 5.92 Å². The van der Waals surface area contributed by atoms with Gasteiger partial charge in [-0.25, -0.2) is 13.8 Å². The molecule has 7 heteroatoms. The van der Waals surface area contributed by atoms with E-state index < -0.39 is 6.43 Å². The predicted octanol–water partition coefficient (Wildman–Crippen LogP) is 4.25. The van der Waals surface area contributed by atoms with Crippen LogP contribution in [0.15, 0.2) is 35.3 Å². The van der Waals surface area contributed by atoms with E-state index in [1.807, 2.05) is 18.2 Å². The van der Waals surface area contributed by atoms with Crippen molar-refractivity contribution in [1.82, 2.24) is 4.98 Å². The Hall–Kier alpha value is -2.83. The van der Waals surface area contributed by atoms with Gasteiger partial charge < -0.3 is 10.1 Å². The second kappa shape index (κ2) is 7.06. The normalized spacial score (nSPS) is 15.5.